The van der Waals surface area contributed by atoms with Gasteiger partial charge in [0.1, 0.15) is 11.9 Å². The quantitative estimate of drug-likeness (QED) is 0.870. The molecule has 1 unspecified atom stereocenters. The van der Waals surface area contributed by atoms with Crippen LogP contribution in [0.1, 0.15) is 16.5 Å². The zero-order valence-electron chi connectivity index (χ0n) is 7.95. The van der Waals surface area contributed by atoms with E-state index in [4.69, 9.17) is 11.6 Å². The lowest BCUT2D eigenvalue weighted by atomic mass is 10.1. The molecule has 0 bridgehead atoms. The van der Waals surface area contributed by atoms with Crippen molar-refractivity contribution < 1.29 is 9.50 Å². The van der Waals surface area contributed by atoms with E-state index in [0.717, 1.165) is 9.35 Å². The second kappa shape index (κ2) is 4.84. The number of aliphatic hydroxyl groups is 1. The smallest absolute Gasteiger partial charge is 0.142 e. The molecule has 1 aromatic heterocycles. The summed E-state index contributed by atoms with van der Waals surface area (Å²) in [6.45, 7) is 0. The van der Waals surface area contributed by atoms with Crippen LogP contribution in [0.15, 0.2) is 34.1 Å². The highest BCUT2D eigenvalue weighted by Gasteiger charge is 2.16. The first-order valence-corrected chi connectivity index (χ1v) is 6.50. The number of halogens is 3. The van der Waals surface area contributed by atoms with Crippen molar-refractivity contribution >= 4 is 38.9 Å². The summed E-state index contributed by atoms with van der Waals surface area (Å²) < 4.78 is 14.1. The Labute approximate surface area is 110 Å². The SMILES string of the molecule is OC(c1ccc(Cl)c(F)c1)c1sccc1Br. The van der Waals surface area contributed by atoms with E-state index in [1.54, 1.807) is 6.07 Å². The maximum atomic E-state index is 13.2. The van der Waals surface area contributed by atoms with Crippen molar-refractivity contribution in [2.75, 3.05) is 0 Å². The van der Waals surface area contributed by atoms with Gasteiger partial charge < -0.3 is 5.11 Å². The molecule has 1 aromatic carbocycles. The third kappa shape index (κ3) is 2.30. The molecule has 1 nitrogen and oxygen atoms in total. The van der Waals surface area contributed by atoms with E-state index in [0.29, 0.717) is 5.56 Å². The molecule has 1 heterocycles. The van der Waals surface area contributed by atoms with Crippen molar-refractivity contribution in [1.82, 2.24) is 0 Å². The molecule has 1 atom stereocenters. The van der Waals surface area contributed by atoms with Crippen LogP contribution in [0, 0.1) is 5.82 Å². The number of rotatable bonds is 2. The van der Waals surface area contributed by atoms with Gasteiger partial charge in [0.25, 0.3) is 0 Å². The van der Waals surface area contributed by atoms with Gasteiger partial charge in [0.2, 0.25) is 0 Å². The van der Waals surface area contributed by atoms with Crippen LogP contribution in [-0.4, -0.2) is 5.11 Å². The Morgan fingerprint density at radius 1 is 1.38 bits per heavy atom. The first-order valence-electron chi connectivity index (χ1n) is 4.45. The second-order valence-electron chi connectivity index (χ2n) is 3.21. The van der Waals surface area contributed by atoms with E-state index in [-0.39, 0.29) is 5.02 Å². The monoisotopic (exact) mass is 320 g/mol. The summed E-state index contributed by atoms with van der Waals surface area (Å²) in [6.07, 6.45) is -0.832. The van der Waals surface area contributed by atoms with Gasteiger partial charge in [0.05, 0.1) is 9.90 Å². The molecule has 84 valence electrons. The molecule has 5 heteroatoms. The third-order valence-corrected chi connectivity index (χ3v) is 4.38. The van der Waals surface area contributed by atoms with Crippen LogP contribution in [0.3, 0.4) is 0 Å². The van der Waals surface area contributed by atoms with Crippen LogP contribution in [0.4, 0.5) is 4.39 Å². The highest BCUT2D eigenvalue weighted by atomic mass is 79.9. The zero-order valence-corrected chi connectivity index (χ0v) is 11.1. The van der Waals surface area contributed by atoms with Gasteiger partial charge in [-0.2, -0.15) is 0 Å². The molecule has 0 radical (unpaired) electrons. The van der Waals surface area contributed by atoms with Gasteiger partial charge in [0.15, 0.2) is 0 Å². The van der Waals surface area contributed by atoms with Gasteiger partial charge in [-0.1, -0.05) is 17.7 Å². The largest absolute Gasteiger partial charge is 0.383 e. The number of hydrogen-bond donors (Lipinski definition) is 1. The fraction of sp³-hybridized carbons (Fsp3) is 0.0909. The first kappa shape index (κ1) is 12.0. The van der Waals surface area contributed by atoms with E-state index < -0.39 is 11.9 Å². The number of hydrogen-bond acceptors (Lipinski definition) is 2. The van der Waals surface area contributed by atoms with Gasteiger partial charge >= 0.3 is 0 Å². The van der Waals surface area contributed by atoms with E-state index >= 15 is 0 Å². The highest BCUT2D eigenvalue weighted by Crippen LogP contribution is 2.33. The summed E-state index contributed by atoms with van der Waals surface area (Å²) in [4.78, 5) is 0.752. The summed E-state index contributed by atoms with van der Waals surface area (Å²) in [5, 5.41) is 12.0. The van der Waals surface area contributed by atoms with E-state index in [1.807, 2.05) is 11.4 Å². The lowest BCUT2D eigenvalue weighted by Gasteiger charge is -2.10. The molecule has 2 rings (SSSR count). The predicted molar refractivity (Wildman–Crippen MR) is 67.5 cm³/mol. The Kier molecular flexibility index (Phi) is 3.64. The minimum atomic E-state index is -0.832. The van der Waals surface area contributed by atoms with Gasteiger partial charge in [-0.15, -0.1) is 11.3 Å². The van der Waals surface area contributed by atoms with Crippen molar-refractivity contribution in [3.8, 4) is 0 Å². The minimum absolute atomic E-state index is 0.0567. The third-order valence-electron chi connectivity index (χ3n) is 2.15. The molecule has 0 aliphatic carbocycles. The van der Waals surface area contributed by atoms with Crippen LogP contribution < -0.4 is 0 Å². The van der Waals surface area contributed by atoms with Gasteiger partial charge in [0, 0.05) is 4.47 Å². The molecule has 0 saturated carbocycles. The van der Waals surface area contributed by atoms with Crippen molar-refractivity contribution in [3.05, 3.63) is 55.4 Å². The van der Waals surface area contributed by atoms with Crippen LogP contribution in [-0.2, 0) is 0 Å². The molecule has 16 heavy (non-hydrogen) atoms. The Morgan fingerprint density at radius 3 is 2.69 bits per heavy atom. The lowest BCUT2D eigenvalue weighted by Crippen LogP contribution is -1.98. The van der Waals surface area contributed by atoms with Crippen molar-refractivity contribution in [2.24, 2.45) is 0 Å². The minimum Gasteiger partial charge on any atom is -0.383 e. The molecule has 2 aromatic rings. The normalized spacial score (nSPS) is 12.8. The fourth-order valence-electron chi connectivity index (χ4n) is 1.33. The van der Waals surface area contributed by atoms with E-state index in [2.05, 4.69) is 15.9 Å². The summed E-state index contributed by atoms with van der Waals surface area (Å²) in [5.74, 6) is -0.522. The van der Waals surface area contributed by atoms with Crippen LogP contribution in [0.25, 0.3) is 0 Å². The van der Waals surface area contributed by atoms with Gasteiger partial charge in [-0.3, -0.25) is 0 Å². The topological polar surface area (TPSA) is 20.2 Å². The Hall–Kier alpha value is -0.420. The average Bonchev–Trinajstić information content (AvgIpc) is 2.67. The maximum Gasteiger partial charge on any atom is 0.142 e. The molecular formula is C11H7BrClFOS. The second-order valence-corrected chi connectivity index (χ2v) is 5.42. The number of benzene rings is 1. The van der Waals surface area contributed by atoms with Gasteiger partial charge in [-0.25, -0.2) is 4.39 Å². The number of thiophene rings is 1. The van der Waals surface area contributed by atoms with E-state index in [1.165, 1.54) is 23.5 Å². The molecule has 0 amide bonds. The van der Waals surface area contributed by atoms with Crippen molar-refractivity contribution in [1.29, 1.82) is 0 Å². The van der Waals surface area contributed by atoms with Gasteiger partial charge in [-0.05, 0) is 45.1 Å². The first-order chi connectivity index (χ1) is 7.59. The molecule has 0 spiro atoms. The summed E-state index contributed by atoms with van der Waals surface area (Å²) in [6, 6.07) is 6.15. The summed E-state index contributed by atoms with van der Waals surface area (Å²) in [7, 11) is 0. The number of aliphatic hydroxyl groups excluding tert-OH is 1. The Morgan fingerprint density at radius 2 is 2.12 bits per heavy atom. The molecule has 0 aliphatic rings. The Balaban J connectivity index is 2.38. The van der Waals surface area contributed by atoms with Crippen LogP contribution in [0.5, 0.6) is 0 Å². The predicted octanol–water partition coefficient (Wildman–Crippen LogP) is 4.38. The van der Waals surface area contributed by atoms with Crippen LogP contribution >= 0.6 is 38.9 Å². The molecule has 0 aliphatic heterocycles. The average molecular weight is 322 g/mol. The standard InChI is InChI=1S/C11H7BrClFOS/c12-7-3-4-16-11(7)10(15)6-1-2-8(13)9(14)5-6/h1-5,10,15H. The lowest BCUT2D eigenvalue weighted by molar-refractivity contribution is 0.223. The fourth-order valence-corrected chi connectivity index (χ4v) is 3.05. The molecular weight excluding hydrogens is 315 g/mol. The Bertz CT molecular complexity index is 514. The zero-order chi connectivity index (χ0) is 11.7. The molecule has 0 saturated heterocycles. The highest BCUT2D eigenvalue weighted by molar-refractivity contribution is 9.10. The summed E-state index contributed by atoms with van der Waals surface area (Å²) >= 11 is 10.3. The molecule has 1 N–H and O–H groups in total. The van der Waals surface area contributed by atoms with Crippen LogP contribution in [0.2, 0.25) is 5.02 Å². The maximum absolute atomic E-state index is 13.2. The van der Waals surface area contributed by atoms with Crippen molar-refractivity contribution in [3.63, 3.8) is 0 Å². The van der Waals surface area contributed by atoms with Crippen molar-refractivity contribution in [2.45, 2.75) is 6.10 Å². The van der Waals surface area contributed by atoms with E-state index in [9.17, 15) is 9.50 Å². The summed E-state index contributed by atoms with van der Waals surface area (Å²) in [5.41, 5.74) is 0.491. The molecule has 0 fully saturated rings.